The minimum atomic E-state index is -0.481. The van der Waals surface area contributed by atoms with E-state index in [1.54, 1.807) is 41.3 Å². The standard InChI is InChI=1S/C20H19N3O5/c1-13(2)22-17-11-15(6-9-18(17)28-12-20(22)25)21-19(24)10-5-14-3-7-16(8-4-14)23(26)27/h3-11,13H,12H2,1-2H3,(H,21,24)/b10-5+. The molecule has 8 heteroatoms. The first kappa shape index (κ1) is 19.1. The van der Waals surface area contributed by atoms with Crippen LogP contribution >= 0.6 is 0 Å². The molecule has 0 spiro atoms. The molecule has 0 unspecified atom stereocenters. The van der Waals surface area contributed by atoms with Crippen LogP contribution in [0, 0.1) is 10.1 Å². The second-order valence-electron chi connectivity index (χ2n) is 6.50. The zero-order valence-corrected chi connectivity index (χ0v) is 15.4. The highest BCUT2D eigenvalue weighted by Gasteiger charge is 2.27. The zero-order valence-electron chi connectivity index (χ0n) is 15.4. The Bertz CT molecular complexity index is 951. The van der Waals surface area contributed by atoms with E-state index in [1.807, 2.05) is 13.8 Å². The van der Waals surface area contributed by atoms with Crippen molar-refractivity contribution in [3.63, 3.8) is 0 Å². The van der Waals surface area contributed by atoms with Gasteiger partial charge in [-0.05, 0) is 55.8 Å². The van der Waals surface area contributed by atoms with Crippen LogP contribution in [0.4, 0.5) is 17.1 Å². The van der Waals surface area contributed by atoms with Gasteiger partial charge in [0.25, 0.3) is 11.6 Å². The van der Waals surface area contributed by atoms with Gasteiger partial charge in [0.05, 0.1) is 10.6 Å². The first-order valence-corrected chi connectivity index (χ1v) is 8.67. The van der Waals surface area contributed by atoms with Gasteiger partial charge < -0.3 is 15.0 Å². The molecule has 0 fully saturated rings. The van der Waals surface area contributed by atoms with Crippen LogP contribution in [0.1, 0.15) is 19.4 Å². The van der Waals surface area contributed by atoms with E-state index in [1.165, 1.54) is 18.2 Å². The molecule has 28 heavy (non-hydrogen) atoms. The van der Waals surface area contributed by atoms with Crippen LogP contribution in [-0.2, 0) is 9.59 Å². The number of amides is 2. The Morgan fingerprint density at radius 1 is 1.25 bits per heavy atom. The van der Waals surface area contributed by atoms with Crippen LogP contribution in [0.2, 0.25) is 0 Å². The number of nitrogens with zero attached hydrogens (tertiary/aromatic N) is 2. The van der Waals surface area contributed by atoms with E-state index in [2.05, 4.69) is 5.32 Å². The zero-order chi connectivity index (χ0) is 20.3. The van der Waals surface area contributed by atoms with E-state index >= 15 is 0 Å². The quantitative estimate of drug-likeness (QED) is 0.486. The molecule has 0 saturated carbocycles. The predicted molar refractivity (Wildman–Crippen MR) is 105 cm³/mol. The Kier molecular flexibility index (Phi) is 5.39. The molecule has 2 amide bonds. The lowest BCUT2D eigenvalue weighted by atomic mass is 10.1. The SMILES string of the molecule is CC(C)N1C(=O)COc2ccc(NC(=O)/C=C/c3ccc([N+](=O)[O-])cc3)cc21. The van der Waals surface area contributed by atoms with E-state index in [4.69, 9.17) is 4.74 Å². The number of carbonyl (C=O) groups excluding carboxylic acids is 2. The van der Waals surface area contributed by atoms with Gasteiger partial charge in [0.2, 0.25) is 5.91 Å². The molecule has 2 aromatic carbocycles. The molecule has 144 valence electrons. The lowest BCUT2D eigenvalue weighted by Gasteiger charge is -2.32. The van der Waals surface area contributed by atoms with E-state index in [0.29, 0.717) is 22.7 Å². The Hall–Kier alpha value is -3.68. The van der Waals surface area contributed by atoms with Crippen molar-refractivity contribution < 1.29 is 19.2 Å². The van der Waals surface area contributed by atoms with Gasteiger partial charge in [0, 0.05) is 29.9 Å². The van der Waals surface area contributed by atoms with Gasteiger partial charge in [0.1, 0.15) is 5.75 Å². The number of anilines is 2. The van der Waals surface area contributed by atoms with Gasteiger partial charge in [-0.25, -0.2) is 0 Å². The highest BCUT2D eigenvalue weighted by atomic mass is 16.6. The van der Waals surface area contributed by atoms with Gasteiger partial charge in [-0.3, -0.25) is 19.7 Å². The van der Waals surface area contributed by atoms with Crippen LogP contribution < -0.4 is 15.0 Å². The van der Waals surface area contributed by atoms with E-state index in [9.17, 15) is 19.7 Å². The van der Waals surface area contributed by atoms with Gasteiger partial charge in [0.15, 0.2) is 6.61 Å². The lowest BCUT2D eigenvalue weighted by Crippen LogP contribution is -2.43. The molecular weight excluding hydrogens is 362 g/mol. The van der Waals surface area contributed by atoms with Crippen LogP contribution in [0.3, 0.4) is 0 Å². The summed E-state index contributed by atoms with van der Waals surface area (Å²) in [7, 11) is 0. The third-order valence-corrected chi connectivity index (χ3v) is 4.15. The summed E-state index contributed by atoms with van der Waals surface area (Å²) in [6.45, 7) is 3.81. The lowest BCUT2D eigenvalue weighted by molar-refractivity contribution is -0.384. The van der Waals surface area contributed by atoms with Crippen LogP contribution in [0.5, 0.6) is 5.75 Å². The van der Waals surface area contributed by atoms with Crippen molar-refractivity contribution >= 4 is 35.0 Å². The third kappa shape index (κ3) is 4.17. The number of non-ortho nitro benzene ring substituents is 1. The summed E-state index contributed by atoms with van der Waals surface area (Å²) in [5, 5.41) is 13.4. The van der Waals surface area contributed by atoms with Crippen LogP contribution in [0.15, 0.2) is 48.5 Å². The Labute approximate surface area is 161 Å². The van der Waals surface area contributed by atoms with Crippen molar-refractivity contribution in [2.45, 2.75) is 19.9 Å². The number of nitrogens with one attached hydrogen (secondary N) is 1. The second-order valence-corrected chi connectivity index (χ2v) is 6.50. The Morgan fingerprint density at radius 3 is 2.61 bits per heavy atom. The summed E-state index contributed by atoms with van der Waals surface area (Å²) in [4.78, 5) is 36.1. The number of benzene rings is 2. The molecular formula is C20H19N3O5. The normalized spacial score (nSPS) is 13.4. The molecule has 0 atom stereocenters. The second kappa shape index (κ2) is 7.91. The van der Waals surface area contributed by atoms with Crippen molar-refractivity contribution in [1.29, 1.82) is 0 Å². The summed E-state index contributed by atoms with van der Waals surface area (Å²) >= 11 is 0. The molecule has 0 radical (unpaired) electrons. The van der Waals surface area contributed by atoms with Crippen LogP contribution in [0.25, 0.3) is 6.08 Å². The van der Waals surface area contributed by atoms with Crippen LogP contribution in [-0.4, -0.2) is 29.4 Å². The summed E-state index contributed by atoms with van der Waals surface area (Å²) in [6.07, 6.45) is 2.90. The number of nitro benzene ring substituents is 1. The number of nitro groups is 1. The molecule has 0 aromatic heterocycles. The summed E-state index contributed by atoms with van der Waals surface area (Å²) < 4.78 is 5.44. The smallest absolute Gasteiger partial charge is 0.269 e. The highest BCUT2D eigenvalue weighted by molar-refractivity contribution is 6.03. The molecule has 8 nitrogen and oxygen atoms in total. The van der Waals surface area contributed by atoms with E-state index in [-0.39, 0.29) is 30.2 Å². The first-order chi connectivity index (χ1) is 13.3. The molecule has 0 bridgehead atoms. The van der Waals surface area contributed by atoms with E-state index in [0.717, 1.165) is 0 Å². The van der Waals surface area contributed by atoms with Gasteiger partial charge in [-0.1, -0.05) is 0 Å². The monoisotopic (exact) mass is 381 g/mol. The fourth-order valence-electron chi connectivity index (χ4n) is 2.88. The fraction of sp³-hybridized carbons (Fsp3) is 0.200. The molecule has 1 heterocycles. The Morgan fingerprint density at radius 2 is 1.96 bits per heavy atom. The van der Waals surface area contributed by atoms with Crippen molar-refractivity contribution in [2.75, 3.05) is 16.8 Å². The fourth-order valence-corrected chi connectivity index (χ4v) is 2.88. The largest absolute Gasteiger partial charge is 0.482 e. The molecule has 1 aliphatic heterocycles. The maximum atomic E-state index is 12.2. The molecule has 3 rings (SSSR count). The number of ether oxygens (including phenoxy) is 1. The minimum Gasteiger partial charge on any atom is -0.482 e. The van der Waals surface area contributed by atoms with Crippen molar-refractivity contribution in [3.8, 4) is 5.75 Å². The third-order valence-electron chi connectivity index (χ3n) is 4.15. The number of fused-ring (bicyclic) bond motifs is 1. The molecule has 1 aliphatic rings. The first-order valence-electron chi connectivity index (χ1n) is 8.67. The molecule has 2 aromatic rings. The summed E-state index contributed by atoms with van der Waals surface area (Å²) in [5.74, 6) is 0.0919. The van der Waals surface area contributed by atoms with Crippen molar-refractivity contribution in [1.82, 2.24) is 0 Å². The Balaban J connectivity index is 1.72. The molecule has 0 saturated heterocycles. The predicted octanol–water partition coefficient (Wildman–Crippen LogP) is 3.38. The number of hydrogen-bond acceptors (Lipinski definition) is 5. The van der Waals surface area contributed by atoms with Crippen molar-refractivity contribution in [2.24, 2.45) is 0 Å². The summed E-state index contributed by atoms with van der Waals surface area (Å²) in [5.41, 5.74) is 1.79. The number of hydrogen-bond donors (Lipinski definition) is 1. The van der Waals surface area contributed by atoms with Gasteiger partial charge in [-0.15, -0.1) is 0 Å². The topological polar surface area (TPSA) is 102 Å². The average molecular weight is 381 g/mol. The van der Waals surface area contributed by atoms with E-state index < -0.39 is 4.92 Å². The number of carbonyl (C=O) groups is 2. The molecule has 1 N–H and O–H groups in total. The van der Waals surface area contributed by atoms with Crippen molar-refractivity contribution in [3.05, 3.63) is 64.2 Å². The average Bonchev–Trinajstić information content (AvgIpc) is 2.66. The summed E-state index contributed by atoms with van der Waals surface area (Å²) in [6, 6.07) is 10.9. The van der Waals surface area contributed by atoms with Gasteiger partial charge >= 0.3 is 0 Å². The van der Waals surface area contributed by atoms with Gasteiger partial charge in [-0.2, -0.15) is 0 Å². The maximum absolute atomic E-state index is 12.2. The molecule has 0 aliphatic carbocycles. The highest BCUT2D eigenvalue weighted by Crippen LogP contribution is 2.35. The minimum absolute atomic E-state index is 0.00510. The number of rotatable bonds is 5. The maximum Gasteiger partial charge on any atom is 0.269 e.